The first-order valence-corrected chi connectivity index (χ1v) is 11.7. The zero-order valence-corrected chi connectivity index (χ0v) is 21.4. The van der Waals surface area contributed by atoms with E-state index in [2.05, 4.69) is 10.3 Å². The van der Waals surface area contributed by atoms with Gasteiger partial charge < -0.3 is 30.5 Å². The van der Waals surface area contributed by atoms with Crippen LogP contribution in [0.4, 0.5) is 5.13 Å². The molecule has 0 atom stereocenters. The monoisotopic (exact) mass is 500 g/mol. The number of anilines is 1. The van der Waals surface area contributed by atoms with Crippen molar-refractivity contribution in [3.8, 4) is 21.9 Å². The molecule has 9 nitrogen and oxygen atoms in total. The maximum atomic E-state index is 11.4. The largest absolute Gasteiger partial charge is 0.493 e. The number of carbonyl (C=O) groups is 2. The molecule has 0 spiro atoms. The quantitative estimate of drug-likeness (QED) is 0.382. The molecule has 2 aromatic carbocycles. The molecule has 0 saturated heterocycles. The number of nitrogens with zero attached hydrogens (tertiary/aromatic N) is 2. The molecule has 0 unspecified atom stereocenters. The molecule has 0 aliphatic heterocycles. The Morgan fingerprint density at radius 1 is 1.11 bits per heavy atom. The molecule has 35 heavy (non-hydrogen) atoms. The van der Waals surface area contributed by atoms with E-state index in [-0.39, 0.29) is 16.7 Å². The molecule has 0 fully saturated rings. The molecule has 188 valence electrons. The van der Waals surface area contributed by atoms with Crippen LogP contribution in [0.1, 0.15) is 21.6 Å². The number of aromatic carboxylic acids is 1. The zero-order valence-electron chi connectivity index (χ0n) is 20.6. The summed E-state index contributed by atoms with van der Waals surface area (Å²) in [6, 6.07) is 13.4. The van der Waals surface area contributed by atoms with Crippen LogP contribution in [0.15, 0.2) is 42.5 Å². The Morgan fingerprint density at radius 3 is 2.43 bits per heavy atom. The van der Waals surface area contributed by atoms with E-state index in [4.69, 9.17) is 20.3 Å². The van der Waals surface area contributed by atoms with Crippen molar-refractivity contribution in [2.45, 2.75) is 13.3 Å². The zero-order chi connectivity index (χ0) is 26.0. The van der Waals surface area contributed by atoms with Gasteiger partial charge in [0, 0.05) is 14.1 Å². The van der Waals surface area contributed by atoms with Crippen LogP contribution in [-0.2, 0) is 11.2 Å². The number of nitrogen functional groups attached to an aromatic ring is 1. The number of rotatable bonds is 9. The smallest absolute Gasteiger partial charge is 0.356 e. The molecular formula is C25H32N4O5S. The van der Waals surface area contributed by atoms with E-state index in [1.54, 1.807) is 33.2 Å². The lowest BCUT2D eigenvalue weighted by Crippen LogP contribution is -2.33. The number of likely N-dealkylation sites (N-methyl/N-ethyl adjacent to an activating group) is 1. The molecule has 0 bridgehead atoms. The second-order valence-electron chi connectivity index (χ2n) is 7.81. The lowest BCUT2D eigenvalue weighted by atomic mass is 10.1. The first kappa shape index (κ1) is 27.6. The van der Waals surface area contributed by atoms with E-state index in [0.29, 0.717) is 11.4 Å². The van der Waals surface area contributed by atoms with Gasteiger partial charge in [-0.05, 0) is 43.1 Å². The molecule has 3 aromatic rings. The van der Waals surface area contributed by atoms with E-state index in [1.807, 2.05) is 49.4 Å². The first-order chi connectivity index (χ1) is 16.7. The van der Waals surface area contributed by atoms with Gasteiger partial charge in [0.25, 0.3) is 0 Å². The summed E-state index contributed by atoms with van der Waals surface area (Å²) in [5.74, 6) is 0.475. The van der Waals surface area contributed by atoms with Crippen molar-refractivity contribution in [1.29, 1.82) is 0 Å². The Kier molecular flexibility index (Phi) is 10.5. The minimum atomic E-state index is -1.05. The average molecular weight is 501 g/mol. The van der Waals surface area contributed by atoms with E-state index in [9.17, 15) is 9.59 Å². The maximum absolute atomic E-state index is 11.4. The minimum absolute atomic E-state index is 0.0214. The number of carbonyl (C=O) groups excluding carboxylic acids is 1. The van der Waals surface area contributed by atoms with Gasteiger partial charge in [0.1, 0.15) is 0 Å². The second kappa shape index (κ2) is 13.3. The van der Waals surface area contributed by atoms with Gasteiger partial charge in [-0.15, -0.1) is 0 Å². The van der Waals surface area contributed by atoms with Crippen LogP contribution in [-0.4, -0.2) is 68.3 Å². The Hall–Kier alpha value is -3.63. The normalized spacial score (nSPS) is 10.2. The minimum Gasteiger partial charge on any atom is -0.493 e. The highest BCUT2D eigenvalue weighted by Crippen LogP contribution is 2.32. The number of thiazole rings is 1. The molecule has 1 heterocycles. The SMILES string of the molecule is COc1ccc(CCNCC(=O)N(C)C)cc1OC.Cc1cccc(-c2sc(N)nc2C(=O)O)c1. The molecular weight excluding hydrogens is 468 g/mol. The van der Waals surface area contributed by atoms with E-state index in [1.165, 1.54) is 11.3 Å². The fourth-order valence-electron chi connectivity index (χ4n) is 3.09. The molecule has 0 aliphatic rings. The molecule has 10 heteroatoms. The summed E-state index contributed by atoms with van der Waals surface area (Å²) in [6.45, 7) is 3.06. The number of aromatic nitrogens is 1. The lowest BCUT2D eigenvalue weighted by Gasteiger charge is -2.12. The molecule has 0 aliphatic carbocycles. The second-order valence-corrected chi connectivity index (χ2v) is 8.84. The third-order valence-corrected chi connectivity index (χ3v) is 5.87. The maximum Gasteiger partial charge on any atom is 0.356 e. The standard InChI is InChI=1S/C14H22N2O3.C11H10N2O2S/c1-16(2)14(17)10-15-8-7-11-5-6-12(18-3)13(9-11)19-4;1-6-3-2-4-7(5-6)9-8(10(14)15)13-11(12)16-9/h5-6,9,15H,7-8,10H2,1-4H3;2-5H,1H3,(H2,12,13)(H,14,15). The topological polar surface area (TPSA) is 127 Å². The fourth-order valence-corrected chi connectivity index (χ4v) is 3.91. The average Bonchev–Trinajstić information content (AvgIpc) is 3.24. The van der Waals surface area contributed by atoms with Crippen molar-refractivity contribution in [2.24, 2.45) is 0 Å². The van der Waals surface area contributed by atoms with Crippen LogP contribution >= 0.6 is 11.3 Å². The highest BCUT2D eigenvalue weighted by Gasteiger charge is 2.17. The van der Waals surface area contributed by atoms with Crippen LogP contribution < -0.4 is 20.5 Å². The van der Waals surface area contributed by atoms with Crippen molar-refractivity contribution in [1.82, 2.24) is 15.2 Å². The van der Waals surface area contributed by atoms with Crippen molar-refractivity contribution in [3.05, 3.63) is 59.3 Å². The predicted molar refractivity (Wildman–Crippen MR) is 138 cm³/mol. The van der Waals surface area contributed by atoms with Crippen molar-refractivity contribution >= 4 is 28.3 Å². The van der Waals surface area contributed by atoms with E-state index >= 15 is 0 Å². The number of carboxylic acid groups (broad SMARTS) is 1. The fraction of sp³-hybridized carbons (Fsp3) is 0.320. The number of carboxylic acids is 1. The molecule has 4 N–H and O–H groups in total. The Bertz CT molecular complexity index is 1150. The highest BCUT2D eigenvalue weighted by atomic mass is 32.1. The third kappa shape index (κ3) is 8.27. The van der Waals surface area contributed by atoms with Crippen molar-refractivity contribution < 1.29 is 24.2 Å². The number of methoxy groups -OCH3 is 2. The van der Waals surface area contributed by atoms with Gasteiger partial charge in [0.2, 0.25) is 5.91 Å². The molecule has 3 rings (SSSR count). The molecule has 1 amide bonds. The predicted octanol–water partition coefficient (Wildman–Crippen LogP) is 3.32. The molecule has 0 saturated carbocycles. The van der Waals surface area contributed by atoms with Gasteiger partial charge in [0.05, 0.1) is 25.6 Å². The Labute approximate surface area is 209 Å². The van der Waals surface area contributed by atoms with Crippen LogP contribution in [0.5, 0.6) is 11.5 Å². The summed E-state index contributed by atoms with van der Waals surface area (Å²) in [5, 5.41) is 12.4. The third-order valence-electron chi connectivity index (χ3n) is 4.94. The van der Waals surface area contributed by atoms with Gasteiger partial charge in [0.15, 0.2) is 22.3 Å². The number of nitrogens with two attached hydrogens (primary N) is 1. The van der Waals surface area contributed by atoms with Crippen LogP contribution in [0.3, 0.4) is 0 Å². The number of hydrogen-bond acceptors (Lipinski definition) is 8. The first-order valence-electron chi connectivity index (χ1n) is 10.8. The summed E-state index contributed by atoms with van der Waals surface area (Å²) >= 11 is 1.19. The summed E-state index contributed by atoms with van der Waals surface area (Å²) in [6.07, 6.45) is 0.834. The number of hydrogen-bond donors (Lipinski definition) is 3. The van der Waals surface area contributed by atoms with Gasteiger partial charge in [-0.2, -0.15) is 0 Å². The van der Waals surface area contributed by atoms with Crippen molar-refractivity contribution in [2.75, 3.05) is 47.1 Å². The van der Waals surface area contributed by atoms with Gasteiger partial charge >= 0.3 is 5.97 Å². The molecule has 0 radical (unpaired) electrons. The molecule has 1 aromatic heterocycles. The number of ether oxygens (including phenoxy) is 2. The summed E-state index contributed by atoms with van der Waals surface area (Å²) in [7, 11) is 6.73. The highest BCUT2D eigenvalue weighted by molar-refractivity contribution is 7.19. The van der Waals surface area contributed by atoms with Crippen LogP contribution in [0, 0.1) is 6.92 Å². The lowest BCUT2D eigenvalue weighted by molar-refractivity contribution is -0.127. The van der Waals surface area contributed by atoms with Crippen LogP contribution in [0.25, 0.3) is 10.4 Å². The Morgan fingerprint density at radius 2 is 1.83 bits per heavy atom. The number of amides is 1. The van der Waals surface area contributed by atoms with Crippen molar-refractivity contribution in [3.63, 3.8) is 0 Å². The summed E-state index contributed by atoms with van der Waals surface area (Å²) < 4.78 is 10.4. The summed E-state index contributed by atoms with van der Waals surface area (Å²) in [5.41, 5.74) is 8.61. The van der Waals surface area contributed by atoms with Gasteiger partial charge in [-0.25, -0.2) is 9.78 Å². The number of aryl methyl sites for hydroxylation is 1. The van der Waals surface area contributed by atoms with Gasteiger partial charge in [-0.3, -0.25) is 4.79 Å². The van der Waals surface area contributed by atoms with Gasteiger partial charge in [-0.1, -0.05) is 47.2 Å². The van der Waals surface area contributed by atoms with E-state index in [0.717, 1.165) is 41.2 Å². The summed E-state index contributed by atoms with van der Waals surface area (Å²) in [4.78, 5) is 28.3. The van der Waals surface area contributed by atoms with Crippen LogP contribution in [0.2, 0.25) is 0 Å². The number of benzene rings is 2. The van der Waals surface area contributed by atoms with E-state index < -0.39 is 5.97 Å². The number of nitrogens with one attached hydrogen (secondary N) is 1. The Balaban J connectivity index is 0.000000250.